The van der Waals surface area contributed by atoms with Crippen molar-refractivity contribution in [3.63, 3.8) is 0 Å². The number of hydrogen-bond acceptors (Lipinski definition) is 7. The van der Waals surface area contributed by atoms with Crippen LogP contribution in [0.15, 0.2) is 60.2 Å². The number of hydrogen-bond donors (Lipinski definition) is 2. The number of ether oxygens (including phenoxy) is 1. The van der Waals surface area contributed by atoms with Crippen LogP contribution in [0.2, 0.25) is 0 Å². The van der Waals surface area contributed by atoms with Crippen LogP contribution in [-0.4, -0.2) is 44.4 Å². The van der Waals surface area contributed by atoms with E-state index in [9.17, 15) is 5.11 Å². The number of benzene rings is 2. The zero-order valence-electron chi connectivity index (χ0n) is 17.9. The van der Waals surface area contributed by atoms with E-state index >= 15 is 0 Å². The number of aromatic hydroxyl groups is 1. The van der Waals surface area contributed by atoms with Crippen LogP contribution in [0, 0.1) is 0 Å². The van der Waals surface area contributed by atoms with Gasteiger partial charge in [-0.1, -0.05) is 30.3 Å². The second-order valence-electron chi connectivity index (χ2n) is 8.23. The van der Waals surface area contributed by atoms with Gasteiger partial charge in [-0.05, 0) is 36.6 Å². The molecule has 0 radical (unpaired) electrons. The van der Waals surface area contributed by atoms with Gasteiger partial charge in [0.2, 0.25) is 0 Å². The Bertz CT molecular complexity index is 1420. The van der Waals surface area contributed by atoms with Crippen molar-refractivity contribution in [1.29, 1.82) is 0 Å². The SMILES string of the molecule is Oc1ccc(CCNc2nc(-c3csc4ccccc34)nc3c2ncn3[C@@H]2CCOC2)cc1. The smallest absolute Gasteiger partial charge is 0.166 e. The number of imidazole rings is 1. The molecule has 0 saturated carbocycles. The lowest BCUT2D eigenvalue weighted by Crippen LogP contribution is -2.11. The molecule has 4 heterocycles. The summed E-state index contributed by atoms with van der Waals surface area (Å²) in [5.41, 5.74) is 3.78. The third kappa shape index (κ3) is 3.81. The summed E-state index contributed by atoms with van der Waals surface area (Å²) in [7, 11) is 0. The highest BCUT2D eigenvalue weighted by Crippen LogP contribution is 2.34. The molecule has 5 aromatic rings. The Balaban J connectivity index is 1.39. The van der Waals surface area contributed by atoms with E-state index in [1.54, 1.807) is 23.5 Å². The maximum atomic E-state index is 9.52. The van der Waals surface area contributed by atoms with Gasteiger partial charge in [0.25, 0.3) is 0 Å². The molecule has 0 spiro atoms. The van der Waals surface area contributed by atoms with E-state index < -0.39 is 0 Å². The molecule has 0 unspecified atom stereocenters. The highest BCUT2D eigenvalue weighted by Gasteiger charge is 2.23. The molecule has 7 nitrogen and oxygen atoms in total. The largest absolute Gasteiger partial charge is 0.508 e. The lowest BCUT2D eigenvalue weighted by Gasteiger charge is -2.12. The summed E-state index contributed by atoms with van der Waals surface area (Å²) in [4.78, 5) is 14.6. The number of rotatable bonds is 6. The fourth-order valence-electron chi connectivity index (χ4n) is 4.31. The van der Waals surface area contributed by atoms with Crippen molar-refractivity contribution in [3.05, 3.63) is 65.8 Å². The van der Waals surface area contributed by atoms with E-state index in [-0.39, 0.29) is 11.8 Å². The maximum absolute atomic E-state index is 9.52. The number of aromatic nitrogens is 4. The van der Waals surface area contributed by atoms with Crippen molar-refractivity contribution in [2.45, 2.75) is 18.9 Å². The van der Waals surface area contributed by atoms with Crippen LogP contribution in [0.1, 0.15) is 18.0 Å². The second-order valence-corrected chi connectivity index (χ2v) is 9.14. The Labute approximate surface area is 194 Å². The zero-order chi connectivity index (χ0) is 22.2. The van der Waals surface area contributed by atoms with Gasteiger partial charge in [0.1, 0.15) is 11.3 Å². The average molecular weight is 458 g/mol. The molecule has 2 N–H and O–H groups in total. The Morgan fingerprint density at radius 1 is 1.12 bits per heavy atom. The lowest BCUT2D eigenvalue weighted by atomic mass is 10.1. The molecule has 3 aromatic heterocycles. The molecule has 1 saturated heterocycles. The van der Waals surface area contributed by atoms with Gasteiger partial charge in [-0.15, -0.1) is 11.3 Å². The summed E-state index contributed by atoms with van der Waals surface area (Å²) < 4.78 is 8.97. The molecular weight excluding hydrogens is 434 g/mol. The first-order valence-corrected chi connectivity index (χ1v) is 11.9. The number of fused-ring (bicyclic) bond motifs is 2. The minimum atomic E-state index is 0.238. The van der Waals surface area contributed by atoms with Crippen molar-refractivity contribution >= 4 is 38.4 Å². The topological polar surface area (TPSA) is 85.1 Å². The van der Waals surface area contributed by atoms with Gasteiger partial charge in [-0.3, -0.25) is 0 Å². The van der Waals surface area contributed by atoms with Crippen molar-refractivity contribution in [3.8, 4) is 17.1 Å². The van der Waals surface area contributed by atoms with E-state index in [0.29, 0.717) is 19.0 Å². The molecule has 166 valence electrons. The standard InChI is InChI=1S/C25H23N5O2S/c31-18-7-5-16(6-8-18)9-11-26-24-22-25(30(15-27-22)17-10-12-32-13-17)29-23(28-24)20-14-33-21-4-2-1-3-19(20)21/h1-8,14-15,17,31H,9-13H2,(H,26,28,29)/t17-/m1/s1. The van der Waals surface area contributed by atoms with Crippen LogP contribution in [-0.2, 0) is 11.2 Å². The van der Waals surface area contributed by atoms with E-state index in [2.05, 4.69) is 38.4 Å². The van der Waals surface area contributed by atoms with E-state index in [0.717, 1.165) is 52.9 Å². The molecular formula is C25H23N5O2S. The van der Waals surface area contributed by atoms with Crippen molar-refractivity contribution in [2.24, 2.45) is 0 Å². The summed E-state index contributed by atoms with van der Waals surface area (Å²) in [6, 6.07) is 15.9. The number of nitrogens with zero attached hydrogens (tertiary/aromatic N) is 4. The Kier molecular flexibility index (Phi) is 5.16. The molecule has 2 aromatic carbocycles. The fourth-order valence-corrected chi connectivity index (χ4v) is 5.25. The zero-order valence-corrected chi connectivity index (χ0v) is 18.8. The molecule has 1 aliphatic rings. The first-order chi connectivity index (χ1) is 16.3. The monoisotopic (exact) mass is 457 g/mol. The molecule has 8 heteroatoms. The van der Waals surface area contributed by atoms with Crippen LogP contribution in [0.3, 0.4) is 0 Å². The fraction of sp³-hybridized carbons (Fsp3) is 0.240. The van der Waals surface area contributed by atoms with Gasteiger partial charge in [0.05, 0.1) is 19.0 Å². The van der Waals surface area contributed by atoms with Gasteiger partial charge in [0, 0.05) is 34.2 Å². The Morgan fingerprint density at radius 2 is 2.00 bits per heavy atom. The number of thiophene rings is 1. The first kappa shape index (κ1) is 20.1. The highest BCUT2D eigenvalue weighted by atomic mass is 32.1. The first-order valence-electron chi connectivity index (χ1n) is 11.1. The molecule has 1 atom stereocenters. The van der Waals surface area contributed by atoms with Gasteiger partial charge >= 0.3 is 0 Å². The van der Waals surface area contributed by atoms with Crippen molar-refractivity contribution in [2.75, 3.05) is 25.1 Å². The molecule has 1 fully saturated rings. The summed E-state index contributed by atoms with van der Waals surface area (Å²) in [6.07, 6.45) is 3.62. The molecule has 1 aliphatic heterocycles. The summed E-state index contributed by atoms with van der Waals surface area (Å²) >= 11 is 1.70. The minimum Gasteiger partial charge on any atom is -0.508 e. The highest BCUT2D eigenvalue weighted by molar-refractivity contribution is 7.17. The Hall–Kier alpha value is -3.49. The summed E-state index contributed by atoms with van der Waals surface area (Å²) in [5, 5.41) is 16.3. The normalized spacial score (nSPS) is 16.1. The molecule has 6 rings (SSSR count). The quantitative estimate of drug-likeness (QED) is 0.372. The van der Waals surface area contributed by atoms with E-state index in [4.69, 9.17) is 14.7 Å². The van der Waals surface area contributed by atoms with Gasteiger partial charge < -0.3 is 19.7 Å². The van der Waals surface area contributed by atoms with Crippen LogP contribution in [0.4, 0.5) is 5.82 Å². The van der Waals surface area contributed by atoms with Crippen LogP contribution in [0.25, 0.3) is 32.6 Å². The van der Waals surface area contributed by atoms with Gasteiger partial charge in [0.15, 0.2) is 17.3 Å². The number of nitrogens with one attached hydrogen (secondary N) is 1. The average Bonchev–Trinajstić information content (AvgIpc) is 3.59. The predicted molar refractivity (Wildman–Crippen MR) is 131 cm³/mol. The molecule has 0 amide bonds. The number of anilines is 1. The summed E-state index contributed by atoms with van der Waals surface area (Å²) in [5.74, 6) is 1.72. The third-order valence-electron chi connectivity index (χ3n) is 6.08. The van der Waals surface area contributed by atoms with Crippen LogP contribution in [0.5, 0.6) is 5.75 Å². The van der Waals surface area contributed by atoms with Crippen molar-refractivity contribution in [1.82, 2.24) is 19.5 Å². The minimum absolute atomic E-state index is 0.238. The van der Waals surface area contributed by atoms with Crippen molar-refractivity contribution < 1.29 is 9.84 Å². The third-order valence-corrected chi connectivity index (χ3v) is 7.05. The number of phenolic OH excluding ortho intramolecular Hbond substituents is 1. The molecule has 33 heavy (non-hydrogen) atoms. The lowest BCUT2D eigenvalue weighted by molar-refractivity contribution is 0.187. The second kappa shape index (κ2) is 8.46. The molecule has 0 bridgehead atoms. The molecule has 0 aliphatic carbocycles. The van der Waals surface area contributed by atoms with E-state index in [1.807, 2.05) is 24.5 Å². The number of phenols is 1. The van der Waals surface area contributed by atoms with Crippen LogP contribution < -0.4 is 5.32 Å². The van der Waals surface area contributed by atoms with Crippen LogP contribution >= 0.6 is 11.3 Å². The predicted octanol–water partition coefficient (Wildman–Crippen LogP) is 5.03. The van der Waals surface area contributed by atoms with E-state index in [1.165, 1.54) is 4.70 Å². The van der Waals surface area contributed by atoms with Gasteiger partial charge in [-0.25, -0.2) is 15.0 Å². The maximum Gasteiger partial charge on any atom is 0.166 e. The Morgan fingerprint density at radius 3 is 2.85 bits per heavy atom. The summed E-state index contributed by atoms with van der Waals surface area (Å²) in [6.45, 7) is 2.13. The van der Waals surface area contributed by atoms with Gasteiger partial charge in [-0.2, -0.15) is 0 Å².